The van der Waals surface area contributed by atoms with Crippen molar-refractivity contribution in [2.45, 2.75) is 4.90 Å². The molecule has 0 spiro atoms. The zero-order valence-corrected chi connectivity index (χ0v) is 21.6. The number of thiazole rings is 1. The van der Waals surface area contributed by atoms with E-state index in [0.29, 0.717) is 39.9 Å². The van der Waals surface area contributed by atoms with E-state index >= 15 is 0 Å². The van der Waals surface area contributed by atoms with Crippen molar-refractivity contribution in [2.75, 3.05) is 18.3 Å². The smallest absolute Gasteiger partial charge is 0.148 e. The first-order chi connectivity index (χ1) is 17.4. The molecule has 184 valence electrons. The molecule has 0 atom stereocenters. The van der Waals surface area contributed by atoms with Gasteiger partial charge >= 0.3 is 0 Å². The number of likely N-dealkylation sites (N-methyl/N-ethyl adjacent to an activating group) is 1. The zero-order valence-electron chi connectivity index (χ0n) is 19.2. The van der Waals surface area contributed by atoms with Crippen molar-refractivity contribution in [1.82, 2.24) is 19.7 Å². The number of aryl methyl sites for hydroxylation is 1. The molecule has 1 aliphatic rings. The molecule has 0 radical (unpaired) electrons. The van der Waals surface area contributed by atoms with E-state index in [1.807, 2.05) is 36.6 Å². The highest BCUT2D eigenvalue weighted by Gasteiger charge is 2.25. The fourth-order valence-corrected chi connectivity index (χ4v) is 5.21. The standard InChI is InChI=1S/C25H20ClF2N5OS2/c1-32-12-23(34-22-9-20(28)24(8-18(22)26)36-31-25-13-35-14-29-25)17(15-10-30-33(2)11-15)7-21(32)16-5-3-4-6-19(16)27/h3-11,13-14,31H,12H2,1-2H3. The number of aromatic nitrogens is 3. The number of benzene rings is 2. The van der Waals surface area contributed by atoms with Gasteiger partial charge in [0, 0.05) is 54.1 Å². The van der Waals surface area contributed by atoms with Gasteiger partial charge in [0.15, 0.2) is 0 Å². The molecule has 0 bridgehead atoms. The van der Waals surface area contributed by atoms with E-state index in [9.17, 15) is 8.78 Å². The van der Waals surface area contributed by atoms with Crippen molar-refractivity contribution in [3.05, 3.63) is 99.3 Å². The minimum atomic E-state index is -0.489. The van der Waals surface area contributed by atoms with Crippen molar-refractivity contribution >= 4 is 52.0 Å². The van der Waals surface area contributed by atoms with Gasteiger partial charge in [-0.3, -0.25) is 4.68 Å². The Morgan fingerprint density at radius 3 is 2.72 bits per heavy atom. The summed E-state index contributed by atoms with van der Waals surface area (Å²) in [5.41, 5.74) is 4.34. The van der Waals surface area contributed by atoms with E-state index in [1.54, 1.807) is 34.6 Å². The van der Waals surface area contributed by atoms with Gasteiger partial charge in [0.25, 0.3) is 0 Å². The summed E-state index contributed by atoms with van der Waals surface area (Å²) in [5.74, 6) is 0.537. The van der Waals surface area contributed by atoms with E-state index in [2.05, 4.69) is 14.8 Å². The van der Waals surface area contributed by atoms with E-state index in [1.165, 1.54) is 29.5 Å². The number of anilines is 1. The van der Waals surface area contributed by atoms with E-state index in [0.717, 1.165) is 17.5 Å². The molecule has 0 unspecified atom stereocenters. The number of nitrogens with zero attached hydrogens (tertiary/aromatic N) is 4. The third-order valence-electron chi connectivity index (χ3n) is 5.46. The Morgan fingerprint density at radius 1 is 1.17 bits per heavy atom. The predicted octanol–water partition coefficient (Wildman–Crippen LogP) is 6.70. The lowest BCUT2D eigenvalue weighted by Crippen LogP contribution is -2.26. The van der Waals surface area contributed by atoms with Crippen LogP contribution in [0, 0.1) is 11.6 Å². The zero-order chi connectivity index (χ0) is 25.2. The van der Waals surface area contributed by atoms with Crippen LogP contribution in [0.4, 0.5) is 14.6 Å². The normalized spacial score (nSPS) is 13.7. The van der Waals surface area contributed by atoms with Crippen LogP contribution in [0.1, 0.15) is 11.1 Å². The lowest BCUT2D eigenvalue weighted by Gasteiger charge is -2.30. The highest BCUT2D eigenvalue weighted by molar-refractivity contribution is 8.00. The molecule has 11 heteroatoms. The minimum Gasteiger partial charge on any atom is -0.458 e. The second-order valence-corrected chi connectivity index (χ2v) is 9.97. The first kappa shape index (κ1) is 24.4. The molecule has 4 aromatic rings. The maximum Gasteiger partial charge on any atom is 0.148 e. The van der Waals surface area contributed by atoms with Gasteiger partial charge in [-0.15, -0.1) is 11.3 Å². The molecule has 2 aromatic carbocycles. The fourth-order valence-electron chi connectivity index (χ4n) is 3.73. The Labute approximate surface area is 220 Å². The second-order valence-electron chi connectivity index (χ2n) is 8.00. The third kappa shape index (κ3) is 5.11. The topological polar surface area (TPSA) is 55.2 Å². The number of hydrogen-bond acceptors (Lipinski definition) is 7. The van der Waals surface area contributed by atoms with Crippen LogP contribution < -0.4 is 9.46 Å². The van der Waals surface area contributed by atoms with Crippen LogP contribution in [0.2, 0.25) is 5.02 Å². The van der Waals surface area contributed by atoms with Crippen LogP contribution in [-0.4, -0.2) is 33.3 Å². The van der Waals surface area contributed by atoms with Gasteiger partial charge in [-0.2, -0.15) is 5.10 Å². The monoisotopic (exact) mass is 543 g/mol. The maximum absolute atomic E-state index is 14.9. The molecule has 0 aliphatic carbocycles. The summed E-state index contributed by atoms with van der Waals surface area (Å²) in [6, 6.07) is 9.37. The van der Waals surface area contributed by atoms with Crippen LogP contribution in [0.25, 0.3) is 11.3 Å². The number of hydrogen-bond donors (Lipinski definition) is 1. The van der Waals surface area contributed by atoms with Crippen molar-refractivity contribution in [1.29, 1.82) is 0 Å². The quantitative estimate of drug-likeness (QED) is 0.262. The summed E-state index contributed by atoms with van der Waals surface area (Å²) in [5, 5.41) is 6.33. The third-order valence-corrected chi connectivity index (χ3v) is 7.18. The summed E-state index contributed by atoms with van der Waals surface area (Å²) in [6.07, 6.45) is 5.39. The van der Waals surface area contributed by atoms with Gasteiger partial charge < -0.3 is 14.4 Å². The summed E-state index contributed by atoms with van der Waals surface area (Å²) in [6.45, 7) is 0.310. The molecular weight excluding hydrogens is 524 g/mol. The van der Waals surface area contributed by atoms with Gasteiger partial charge in [0.1, 0.15) is 29.0 Å². The van der Waals surface area contributed by atoms with Gasteiger partial charge in [-0.25, -0.2) is 13.8 Å². The van der Waals surface area contributed by atoms with Crippen molar-refractivity contribution in [2.24, 2.45) is 7.05 Å². The van der Waals surface area contributed by atoms with E-state index in [4.69, 9.17) is 16.3 Å². The van der Waals surface area contributed by atoms with Crippen LogP contribution in [0.5, 0.6) is 5.75 Å². The fraction of sp³-hybridized carbons (Fsp3) is 0.120. The number of rotatable bonds is 7. The predicted molar refractivity (Wildman–Crippen MR) is 141 cm³/mol. The molecule has 0 saturated heterocycles. The number of ether oxygens (including phenoxy) is 1. The maximum atomic E-state index is 14.9. The van der Waals surface area contributed by atoms with Crippen molar-refractivity contribution in [3.63, 3.8) is 0 Å². The van der Waals surface area contributed by atoms with Crippen LogP contribution in [0.15, 0.2) is 76.4 Å². The first-order valence-electron chi connectivity index (χ1n) is 10.8. The minimum absolute atomic E-state index is 0.180. The second kappa shape index (κ2) is 10.3. The van der Waals surface area contributed by atoms with E-state index < -0.39 is 5.82 Å². The molecule has 1 N–H and O–H groups in total. The Morgan fingerprint density at radius 2 is 2.00 bits per heavy atom. The molecule has 2 aromatic heterocycles. The van der Waals surface area contributed by atoms with E-state index in [-0.39, 0.29) is 16.6 Å². The van der Waals surface area contributed by atoms with Crippen LogP contribution in [-0.2, 0) is 7.05 Å². The van der Waals surface area contributed by atoms with Gasteiger partial charge in [-0.1, -0.05) is 23.7 Å². The summed E-state index contributed by atoms with van der Waals surface area (Å²) >= 11 is 9.01. The average molecular weight is 544 g/mol. The Hall–Kier alpha value is -3.34. The summed E-state index contributed by atoms with van der Waals surface area (Å²) in [7, 11) is 3.65. The molecule has 3 heterocycles. The van der Waals surface area contributed by atoms with Gasteiger partial charge in [-0.05, 0) is 36.2 Å². The highest BCUT2D eigenvalue weighted by atomic mass is 35.5. The molecule has 0 saturated carbocycles. The SMILES string of the molecule is CN1CC(Oc2cc(F)c(SNc3cscn3)cc2Cl)=C(c2cnn(C)c2)C=C1c1ccccc1F. The van der Waals surface area contributed by atoms with Gasteiger partial charge in [0.05, 0.1) is 28.2 Å². The lowest BCUT2D eigenvalue weighted by atomic mass is 9.99. The van der Waals surface area contributed by atoms with Gasteiger partial charge in [0.2, 0.25) is 0 Å². The van der Waals surface area contributed by atoms with Crippen LogP contribution >= 0.6 is 34.9 Å². The number of nitrogens with one attached hydrogen (secondary N) is 1. The summed E-state index contributed by atoms with van der Waals surface area (Å²) < 4.78 is 40.4. The lowest BCUT2D eigenvalue weighted by molar-refractivity contribution is 0.358. The van der Waals surface area contributed by atoms with Crippen molar-refractivity contribution in [3.8, 4) is 5.75 Å². The molecule has 0 amide bonds. The number of allylic oxidation sites excluding steroid dienone is 2. The molecular formula is C25H20ClF2N5OS2. The largest absolute Gasteiger partial charge is 0.458 e. The Kier molecular flexibility index (Phi) is 6.99. The molecule has 0 fully saturated rings. The van der Waals surface area contributed by atoms with Crippen LogP contribution in [0.3, 0.4) is 0 Å². The Balaban J connectivity index is 1.50. The first-order valence-corrected chi connectivity index (χ1v) is 12.9. The average Bonchev–Trinajstić information content (AvgIpc) is 3.53. The highest BCUT2D eigenvalue weighted by Crippen LogP contribution is 2.38. The molecule has 1 aliphatic heterocycles. The van der Waals surface area contributed by atoms with Crippen molar-refractivity contribution < 1.29 is 13.5 Å². The number of halogens is 3. The summed E-state index contributed by atoms with van der Waals surface area (Å²) in [4.78, 5) is 6.30. The molecule has 5 rings (SSSR count). The molecule has 6 nitrogen and oxygen atoms in total. The molecule has 36 heavy (non-hydrogen) atoms. The Bertz CT molecular complexity index is 1470.